The minimum atomic E-state index is -1.05. The molecule has 10 nitrogen and oxygen atoms in total. The van der Waals surface area contributed by atoms with Gasteiger partial charge < -0.3 is 26.5 Å². The molecule has 3 aromatic rings. The Hall–Kier alpha value is -3.41. The lowest BCUT2D eigenvalue weighted by Gasteiger charge is -2.32. The van der Waals surface area contributed by atoms with Gasteiger partial charge in [0.25, 0.3) is 0 Å². The molecule has 11 heteroatoms. The van der Waals surface area contributed by atoms with Crippen molar-refractivity contribution in [3.05, 3.63) is 66.2 Å². The largest absolute Gasteiger partial charge is 0.480 e. The number of imidazole rings is 1. The van der Waals surface area contributed by atoms with Gasteiger partial charge in [0.1, 0.15) is 6.04 Å². The number of nitrogens with two attached hydrogens (primary N) is 1. The van der Waals surface area contributed by atoms with Gasteiger partial charge in [-0.1, -0.05) is 62.7 Å². The number of benzene rings is 2. The monoisotopic (exact) mass is 582 g/mol. The first-order chi connectivity index (χ1) is 19.7. The molecule has 2 amide bonds. The SMILES string of the molecule is CC[C@H](C)[C@@H](CN(CC(=O)N[C@@H](CCSC)C(=O)O)Cc1cccc2ccccc12)NC(=O)[C@@H](N)Cc1c[nH]cn1. The minimum absolute atomic E-state index is 0.0194. The molecule has 0 aliphatic rings. The summed E-state index contributed by atoms with van der Waals surface area (Å²) in [6.45, 7) is 4.92. The molecule has 3 rings (SSSR count). The van der Waals surface area contributed by atoms with Crippen molar-refractivity contribution in [2.45, 2.75) is 57.8 Å². The number of amides is 2. The fourth-order valence-electron chi connectivity index (χ4n) is 4.73. The molecule has 0 fully saturated rings. The topological polar surface area (TPSA) is 153 Å². The Labute approximate surface area is 245 Å². The fourth-order valence-corrected chi connectivity index (χ4v) is 5.20. The van der Waals surface area contributed by atoms with E-state index < -0.39 is 18.1 Å². The van der Waals surface area contributed by atoms with Gasteiger partial charge in [-0.15, -0.1) is 0 Å². The smallest absolute Gasteiger partial charge is 0.326 e. The molecule has 41 heavy (non-hydrogen) atoms. The number of aromatic nitrogens is 2. The third-order valence-electron chi connectivity index (χ3n) is 7.32. The first-order valence-corrected chi connectivity index (χ1v) is 15.3. The van der Waals surface area contributed by atoms with Crippen molar-refractivity contribution < 1.29 is 19.5 Å². The average molecular weight is 583 g/mol. The molecule has 0 bridgehead atoms. The van der Waals surface area contributed by atoms with E-state index in [0.29, 0.717) is 37.4 Å². The fraction of sp³-hybridized carbons (Fsp3) is 0.467. The normalized spacial score (nSPS) is 14.4. The number of rotatable bonds is 17. The van der Waals surface area contributed by atoms with Crippen LogP contribution in [0.15, 0.2) is 55.0 Å². The van der Waals surface area contributed by atoms with Gasteiger partial charge in [0, 0.05) is 31.7 Å². The number of carbonyl (C=O) groups is 3. The van der Waals surface area contributed by atoms with E-state index in [-0.39, 0.29) is 30.3 Å². The van der Waals surface area contributed by atoms with Crippen LogP contribution in [0.5, 0.6) is 0 Å². The Morgan fingerprint density at radius 2 is 1.90 bits per heavy atom. The molecule has 0 radical (unpaired) electrons. The summed E-state index contributed by atoms with van der Waals surface area (Å²) in [5.41, 5.74) is 7.96. The van der Waals surface area contributed by atoms with Gasteiger partial charge in [-0.25, -0.2) is 9.78 Å². The van der Waals surface area contributed by atoms with Gasteiger partial charge in [-0.3, -0.25) is 14.5 Å². The van der Waals surface area contributed by atoms with E-state index in [4.69, 9.17) is 5.73 Å². The number of hydrogen-bond donors (Lipinski definition) is 5. The maximum atomic E-state index is 13.2. The summed E-state index contributed by atoms with van der Waals surface area (Å²) in [4.78, 5) is 47.1. The molecule has 0 spiro atoms. The predicted octanol–water partition coefficient (Wildman–Crippen LogP) is 2.79. The Morgan fingerprint density at radius 3 is 2.59 bits per heavy atom. The molecule has 1 heterocycles. The van der Waals surface area contributed by atoms with Crippen LogP contribution in [0.25, 0.3) is 10.8 Å². The highest BCUT2D eigenvalue weighted by Gasteiger charge is 2.27. The second kappa shape index (κ2) is 16.1. The van der Waals surface area contributed by atoms with Gasteiger partial charge in [0.05, 0.1) is 24.6 Å². The van der Waals surface area contributed by atoms with E-state index in [1.165, 1.54) is 11.8 Å². The van der Waals surface area contributed by atoms with Crippen molar-refractivity contribution in [2.24, 2.45) is 11.7 Å². The van der Waals surface area contributed by atoms with Crippen LogP contribution in [0.3, 0.4) is 0 Å². The molecule has 6 N–H and O–H groups in total. The Kier molecular flexibility index (Phi) is 12.6. The number of nitrogens with zero attached hydrogens (tertiary/aromatic N) is 2. The van der Waals surface area contributed by atoms with Crippen molar-refractivity contribution in [3.63, 3.8) is 0 Å². The second-order valence-corrected chi connectivity index (χ2v) is 11.4. The molecular formula is C30H42N6O4S. The summed E-state index contributed by atoms with van der Waals surface area (Å²) < 4.78 is 0. The van der Waals surface area contributed by atoms with Gasteiger partial charge in [0.15, 0.2) is 0 Å². The Balaban J connectivity index is 1.82. The summed E-state index contributed by atoms with van der Waals surface area (Å²) >= 11 is 1.53. The number of carboxylic acids is 1. The van der Waals surface area contributed by atoms with Crippen molar-refractivity contribution in [1.82, 2.24) is 25.5 Å². The lowest BCUT2D eigenvalue weighted by molar-refractivity contribution is -0.142. The number of fused-ring (bicyclic) bond motifs is 1. The zero-order chi connectivity index (χ0) is 29.8. The Bertz CT molecular complexity index is 1270. The summed E-state index contributed by atoms with van der Waals surface area (Å²) in [5, 5.41) is 17.6. The van der Waals surface area contributed by atoms with E-state index in [2.05, 4.69) is 34.4 Å². The first kappa shape index (κ1) is 32.1. The minimum Gasteiger partial charge on any atom is -0.480 e. The van der Waals surface area contributed by atoms with Crippen LogP contribution in [0.1, 0.15) is 37.9 Å². The van der Waals surface area contributed by atoms with Crippen LogP contribution >= 0.6 is 11.8 Å². The molecule has 0 aliphatic carbocycles. The van der Waals surface area contributed by atoms with Gasteiger partial charge >= 0.3 is 5.97 Å². The number of aliphatic carboxylic acids is 1. The van der Waals surface area contributed by atoms with E-state index in [1.807, 2.05) is 53.6 Å². The van der Waals surface area contributed by atoms with Crippen molar-refractivity contribution in [2.75, 3.05) is 25.1 Å². The highest BCUT2D eigenvalue weighted by molar-refractivity contribution is 7.98. The molecule has 0 aliphatic heterocycles. The third-order valence-corrected chi connectivity index (χ3v) is 7.96. The lowest BCUT2D eigenvalue weighted by atomic mass is 9.97. The van der Waals surface area contributed by atoms with Crippen molar-refractivity contribution in [1.29, 1.82) is 0 Å². The quantitative estimate of drug-likeness (QED) is 0.163. The second-order valence-electron chi connectivity index (χ2n) is 10.4. The van der Waals surface area contributed by atoms with Crippen LogP contribution in [0.2, 0.25) is 0 Å². The van der Waals surface area contributed by atoms with Crippen LogP contribution in [-0.4, -0.2) is 81.0 Å². The number of H-pyrrole nitrogens is 1. The van der Waals surface area contributed by atoms with Crippen LogP contribution in [-0.2, 0) is 27.3 Å². The van der Waals surface area contributed by atoms with Gasteiger partial charge in [-0.2, -0.15) is 11.8 Å². The molecule has 0 saturated carbocycles. The molecule has 0 saturated heterocycles. The number of carboxylic acid groups (broad SMARTS) is 1. The zero-order valence-electron chi connectivity index (χ0n) is 24.0. The van der Waals surface area contributed by atoms with E-state index in [1.54, 1.807) is 12.5 Å². The van der Waals surface area contributed by atoms with Crippen LogP contribution in [0, 0.1) is 5.92 Å². The molecule has 1 aromatic heterocycles. The maximum absolute atomic E-state index is 13.2. The lowest BCUT2D eigenvalue weighted by Crippen LogP contribution is -2.54. The standard InChI is InChI=1S/C30H42N6O4S/c1-4-20(2)27(35-29(38)25(31)14-23-15-32-19-33-23)17-36(18-28(37)34-26(30(39)40)12-13-41-3)16-22-10-7-9-21-8-5-6-11-24(21)22/h5-11,15,19-20,25-27H,4,12-14,16-18,31H2,1-3H3,(H,32,33)(H,34,37)(H,35,38)(H,39,40)/t20-,25-,26-,27+/m0/s1. The Morgan fingerprint density at radius 1 is 1.15 bits per heavy atom. The predicted molar refractivity (Wildman–Crippen MR) is 163 cm³/mol. The maximum Gasteiger partial charge on any atom is 0.326 e. The number of nitrogens with one attached hydrogen (secondary N) is 3. The van der Waals surface area contributed by atoms with Gasteiger partial charge in [-0.05, 0) is 40.7 Å². The third kappa shape index (κ3) is 9.87. The summed E-state index contributed by atoms with van der Waals surface area (Å²) in [6.07, 6.45) is 6.62. The number of carbonyl (C=O) groups excluding carboxylic acids is 2. The highest BCUT2D eigenvalue weighted by Crippen LogP contribution is 2.21. The summed E-state index contributed by atoms with van der Waals surface area (Å²) in [7, 11) is 0. The summed E-state index contributed by atoms with van der Waals surface area (Å²) in [5.74, 6) is -0.983. The number of aromatic amines is 1. The molecule has 0 unspecified atom stereocenters. The van der Waals surface area contributed by atoms with Crippen LogP contribution in [0.4, 0.5) is 0 Å². The molecule has 222 valence electrons. The van der Waals surface area contributed by atoms with Gasteiger partial charge in [0.2, 0.25) is 11.8 Å². The first-order valence-electron chi connectivity index (χ1n) is 14.0. The van der Waals surface area contributed by atoms with E-state index in [9.17, 15) is 19.5 Å². The summed E-state index contributed by atoms with van der Waals surface area (Å²) in [6, 6.07) is 12.1. The molecular weight excluding hydrogens is 540 g/mol. The van der Waals surface area contributed by atoms with Crippen LogP contribution < -0.4 is 16.4 Å². The van der Waals surface area contributed by atoms with Crippen molar-refractivity contribution >= 4 is 40.3 Å². The number of thioether (sulfide) groups is 1. The number of hydrogen-bond acceptors (Lipinski definition) is 7. The molecule has 2 aromatic carbocycles. The molecule has 4 atom stereocenters. The van der Waals surface area contributed by atoms with Crippen molar-refractivity contribution in [3.8, 4) is 0 Å². The van der Waals surface area contributed by atoms with E-state index >= 15 is 0 Å². The highest BCUT2D eigenvalue weighted by atomic mass is 32.2. The van der Waals surface area contributed by atoms with E-state index in [0.717, 1.165) is 22.8 Å². The average Bonchev–Trinajstić information content (AvgIpc) is 3.47. The zero-order valence-corrected chi connectivity index (χ0v) is 24.8.